The molecule has 0 radical (unpaired) electrons. The van der Waals surface area contributed by atoms with E-state index in [1.165, 1.54) is 51.4 Å². The summed E-state index contributed by atoms with van der Waals surface area (Å²) in [4.78, 5) is 12.9. The van der Waals surface area contributed by atoms with E-state index in [1.54, 1.807) is 0 Å². The number of hydrogen-bond acceptors (Lipinski definition) is 2. The van der Waals surface area contributed by atoms with Crippen molar-refractivity contribution in [2.24, 2.45) is 35.5 Å². The second-order valence-corrected chi connectivity index (χ2v) is 10.2. The molecular weight excluding hydrogens is 406 g/mol. The number of benzene rings is 1. The molecule has 0 aromatic heterocycles. The van der Waals surface area contributed by atoms with Crippen LogP contribution in [0.15, 0.2) is 12.1 Å². The Bertz CT molecular complexity index is 737. The normalized spacial score (nSPS) is 34.3. The largest absolute Gasteiger partial charge is 0.426 e. The maximum atomic E-state index is 13.7. The molecule has 3 saturated carbocycles. The summed E-state index contributed by atoms with van der Waals surface area (Å²) in [5.41, 5.74) is 0. The van der Waals surface area contributed by atoms with Crippen LogP contribution >= 0.6 is 11.6 Å². The van der Waals surface area contributed by atoms with Crippen LogP contribution in [0.4, 0.5) is 8.78 Å². The SMILES string of the molecule is CCC1CCC(C2CCC3C(CCCC3C(=O)Oc3cc(F)c(Cl)c(F)c3)C2)CC1. The molecule has 5 heteroatoms. The Hall–Kier alpha value is -1.16. The Balaban J connectivity index is 1.37. The fourth-order valence-corrected chi connectivity index (χ4v) is 6.68. The van der Waals surface area contributed by atoms with Crippen molar-refractivity contribution in [2.75, 3.05) is 0 Å². The molecule has 0 amide bonds. The van der Waals surface area contributed by atoms with Gasteiger partial charge in [0.15, 0.2) is 0 Å². The second-order valence-electron chi connectivity index (χ2n) is 9.85. The minimum absolute atomic E-state index is 0.0945. The number of hydrogen-bond donors (Lipinski definition) is 0. The van der Waals surface area contributed by atoms with Gasteiger partial charge in [0.2, 0.25) is 0 Å². The van der Waals surface area contributed by atoms with E-state index in [9.17, 15) is 13.6 Å². The van der Waals surface area contributed by atoms with Gasteiger partial charge in [-0.15, -0.1) is 0 Å². The third-order valence-corrected chi connectivity index (χ3v) is 8.66. The van der Waals surface area contributed by atoms with Crippen molar-refractivity contribution >= 4 is 17.6 Å². The predicted molar refractivity (Wildman–Crippen MR) is 114 cm³/mol. The van der Waals surface area contributed by atoms with Crippen molar-refractivity contribution in [3.05, 3.63) is 28.8 Å². The first-order chi connectivity index (χ1) is 14.5. The van der Waals surface area contributed by atoms with E-state index < -0.39 is 16.7 Å². The van der Waals surface area contributed by atoms with E-state index in [1.807, 2.05) is 0 Å². The Morgan fingerprint density at radius 2 is 1.63 bits per heavy atom. The van der Waals surface area contributed by atoms with E-state index in [0.717, 1.165) is 49.1 Å². The lowest BCUT2D eigenvalue weighted by molar-refractivity contribution is -0.144. The number of fused-ring (bicyclic) bond motifs is 1. The van der Waals surface area contributed by atoms with Gasteiger partial charge in [-0.25, -0.2) is 8.78 Å². The number of ether oxygens (including phenoxy) is 1. The van der Waals surface area contributed by atoms with Gasteiger partial charge < -0.3 is 4.74 Å². The van der Waals surface area contributed by atoms with Crippen LogP contribution in [0.25, 0.3) is 0 Å². The lowest BCUT2D eigenvalue weighted by atomic mass is 9.59. The van der Waals surface area contributed by atoms with Crippen LogP contribution in [0.3, 0.4) is 0 Å². The van der Waals surface area contributed by atoms with Crippen molar-refractivity contribution in [3.63, 3.8) is 0 Å². The van der Waals surface area contributed by atoms with E-state index in [-0.39, 0.29) is 17.6 Å². The Labute approximate surface area is 183 Å². The van der Waals surface area contributed by atoms with Gasteiger partial charge in [-0.05, 0) is 68.1 Å². The van der Waals surface area contributed by atoms with Crippen LogP contribution in [-0.2, 0) is 4.79 Å². The van der Waals surface area contributed by atoms with Crippen LogP contribution in [0.2, 0.25) is 5.02 Å². The van der Waals surface area contributed by atoms with Gasteiger partial charge in [-0.3, -0.25) is 4.79 Å². The molecule has 3 aliphatic carbocycles. The van der Waals surface area contributed by atoms with E-state index in [4.69, 9.17) is 16.3 Å². The van der Waals surface area contributed by atoms with E-state index in [2.05, 4.69) is 6.92 Å². The Morgan fingerprint density at radius 1 is 0.967 bits per heavy atom. The number of carbonyl (C=O) groups excluding carboxylic acids is 1. The number of halogens is 3. The molecule has 4 rings (SSSR count). The topological polar surface area (TPSA) is 26.3 Å². The zero-order valence-corrected chi connectivity index (χ0v) is 18.6. The van der Waals surface area contributed by atoms with Gasteiger partial charge in [0.05, 0.1) is 5.92 Å². The van der Waals surface area contributed by atoms with Crippen molar-refractivity contribution in [1.29, 1.82) is 0 Å². The molecule has 3 fully saturated rings. The van der Waals surface area contributed by atoms with Gasteiger partial charge in [0, 0.05) is 12.1 Å². The van der Waals surface area contributed by atoms with E-state index in [0.29, 0.717) is 11.8 Å². The first-order valence-corrected chi connectivity index (χ1v) is 12.2. The summed E-state index contributed by atoms with van der Waals surface area (Å²) in [5.74, 6) is 1.11. The fraction of sp³-hybridized carbons (Fsp3) is 0.720. The molecule has 1 aromatic rings. The molecule has 1 aromatic carbocycles. The molecule has 4 atom stereocenters. The first-order valence-electron chi connectivity index (χ1n) is 11.8. The average molecular weight is 439 g/mol. The van der Waals surface area contributed by atoms with Gasteiger partial charge in [0.25, 0.3) is 0 Å². The van der Waals surface area contributed by atoms with Crippen molar-refractivity contribution in [3.8, 4) is 5.75 Å². The van der Waals surface area contributed by atoms with Gasteiger partial charge in [-0.1, -0.05) is 50.6 Å². The highest BCUT2D eigenvalue weighted by molar-refractivity contribution is 6.30. The van der Waals surface area contributed by atoms with Crippen molar-refractivity contribution in [2.45, 2.75) is 77.6 Å². The Morgan fingerprint density at radius 3 is 2.30 bits per heavy atom. The molecule has 0 aliphatic heterocycles. The molecule has 3 aliphatic rings. The quantitative estimate of drug-likeness (QED) is 0.275. The van der Waals surface area contributed by atoms with Gasteiger partial charge in [-0.2, -0.15) is 0 Å². The minimum atomic E-state index is -0.903. The molecule has 30 heavy (non-hydrogen) atoms. The summed E-state index contributed by atoms with van der Waals surface area (Å²) in [7, 11) is 0. The van der Waals surface area contributed by atoms with Crippen LogP contribution in [-0.4, -0.2) is 5.97 Å². The maximum Gasteiger partial charge on any atom is 0.314 e. The lowest BCUT2D eigenvalue weighted by Crippen LogP contribution is -2.40. The van der Waals surface area contributed by atoms with E-state index >= 15 is 0 Å². The number of rotatable bonds is 4. The lowest BCUT2D eigenvalue weighted by Gasteiger charge is -2.46. The van der Waals surface area contributed by atoms with Crippen molar-refractivity contribution in [1.82, 2.24) is 0 Å². The standard InChI is InChI=1S/C25H33ClF2O2/c1-2-15-6-8-16(9-7-15)17-10-11-20-18(12-17)4-3-5-21(20)25(29)30-19-13-22(27)24(26)23(28)14-19/h13-18,20-21H,2-12H2,1H3. The third-order valence-electron chi connectivity index (χ3n) is 8.30. The summed E-state index contributed by atoms with van der Waals surface area (Å²) >= 11 is 5.53. The van der Waals surface area contributed by atoms with Crippen LogP contribution in [0, 0.1) is 47.1 Å². The highest BCUT2D eigenvalue weighted by Crippen LogP contribution is 2.50. The second kappa shape index (κ2) is 9.54. The minimum Gasteiger partial charge on any atom is -0.426 e. The highest BCUT2D eigenvalue weighted by atomic mass is 35.5. The molecule has 0 saturated heterocycles. The summed E-state index contributed by atoms with van der Waals surface area (Å²) < 4.78 is 32.8. The predicted octanol–water partition coefficient (Wildman–Crippen LogP) is 7.57. The molecule has 166 valence electrons. The van der Waals surface area contributed by atoms with Gasteiger partial charge in [0.1, 0.15) is 22.4 Å². The molecule has 0 N–H and O–H groups in total. The zero-order valence-electron chi connectivity index (χ0n) is 17.8. The van der Waals surface area contributed by atoms with Crippen LogP contribution in [0.5, 0.6) is 5.75 Å². The van der Waals surface area contributed by atoms with Crippen LogP contribution in [0.1, 0.15) is 77.6 Å². The van der Waals surface area contributed by atoms with Crippen LogP contribution < -0.4 is 4.74 Å². The summed E-state index contributed by atoms with van der Waals surface area (Å²) in [6, 6.07) is 1.99. The monoisotopic (exact) mass is 438 g/mol. The number of esters is 1. The molecule has 4 unspecified atom stereocenters. The summed E-state index contributed by atoms with van der Waals surface area (Å²) in [6.45, 7) is 2.31. The smallest absolute Gasteiger partial charge is 0.314 e. The highest BCUT2D eigenvalue weighted by Gasteiger charge is 2.43. The molecule has 0 spiro atoms. The summed E-state index contributed by atoms with van der Waals surface area (Å²) in [5, 5.41) is -0.571. The Kier molecular flexibility index (Phi) is 7.01. The average Bonchev–Trinajstić information content (AvgIpc) is 2.76. The maximum absolute atomic E-state index is 13.7. The first kappa shape index (κ1) is 22.0. The molecule has 2 nitrogen and oxygen atoms in total. The third kappa shape index (κ3) is 4.69. The summed E-state index contributed by atoms with van der Waals surface area (Å²) in [6.07, 6.45) is 13.4. The molecule has 0 bridgehead atoms. The molecular formula is C25H33ClF2O2. The van der Waals surface area contributed by atoms with Crippen molar-refractivity contribution < 1.29 is 18.3 Å². The number of carbonyl (C=O) groups is 1. The molecule has 0 heterocycles. The fourth-order valence-electron chi connectivity index (χ4n) is 6.57. The van der Waals surface area contributed by atoms with Gasteiger partial charge >= 0.3 is 5.97 Å². The zero-order chi connectivity index (χ0) is 21.3.